The van der Waals surface area contributed by atoms with E-state index in [0.717, 1.165) is 6.42 Å². The van der Waals surface area contributed by atoms with Crippen molar-refractivity contribution in [3.8, 4) is 0 Å². The minimum Gasteiger partial charge on any atom is -0.370 e. The Morgan fingerprint density at radius 2 is 2.31 bits per heavy atom. The van der Waals surface area contributed by atoms with Gasteiger partial charge in [0.2, 0.25) is 5.78 Å². The smallest absolute Gasteiger partial charge is 0.211 e. The Kier molecular flexibility index (Phi) is 4.96. The van der Waals surface area contributed by atoms with Gasteiger partial charge < -0.3 is 4.74 Å². The lowest BCUT2D eigenvalue weighted by molar-refractivity contribution is 0.0415. The predicted octanol–water partition coefficient (Wildman–Crippen LogP) is 2.46. The van der Waals surface area contributed by atoms with E-state index < -0.39 is 6.10 Å². The Labute approximate surface area is 101 Å². The molecule has 5 heteroatoms. The van der Waals surface area contributed by atoms with Crippen LogP contribution in [0, 0.1) is 0 Å². The summed E-state index contributed by atoms with van der Waals surface area (Å²) in [5.74, 6) is -0.0892. The third-order valence-electron chi connectivity index (χ3n) is 2.34. The maximum absolute atomic E-state index is 12.2. The van der Waals surface area contributed by atoms with Crippen molar-refractivity contribution in [3.05, 3.63) is 16.9 Å². The molecule has 0 radical (unpaired) electrons. The molecule has 16 heavy (non-hydrogen) atoms. The van der Waals surface area contributed by atoms with E-state index in [4.69, 9.17) is 16.3 Å². The van der Waals surface area contributed by atoms with Gasteiger partial charge in [-0.25, -0.2) is 0 Å². The molecule has 1 unspecified atom stereocenters. The second-order valence-electron chi connectivity index (χ2n) is 3.56. The van der Waals surface area contributed by atoms with Crippen molar-refractivity contribution < 1.29 is 9.53 Å². The highest BCUT2D eigenvalue weighted by molar-refractivity contribution is 6.33. The number of ketones is 1. The zero-order chi connectivity index (χ0) is 12.1. The lowest BCUT2D eigenvalue weighted by atomic mass is 10.1. The van der Waals surface area contributed by atoms with Crippen molar-refractivity contribution in [1.29, 1.82) is 0 Å². The highest BCUT2D eigenvalue weighted by Gasteiger charge is 2.24. The zero-order valence-corrected chi connectivity index (χ0v) is 10.6. The van der Waals surface area contributed by atoms with Gasteiger partial charge in [0.05, 0.1) is 11.2 Å². The van der Waals surface area contributed by atoms with Crippen LogP contribution in [0.1, 0.15) is 37.2 Å². The van der Waals surface area contributed by atoms with Gasteiger partial charge in [-0.3, -0.25) is 9.48 Å². The molecule has 0 saturated heterocycles. The summed E-state index contributed by atoms with van der Waals surface area (Å²) in [7, 11) is 1.70. The summed E-state index contributed by atoms with van der Waals surface area (Å²) in [6.45, 7) is 4.41. The Bertz CT molecular complexity index is 337. The molecule has 1 heterocycles. The topological polar surface area (TPSA) is 44.1 Å². The van der Waals surface area contributed by atoms with E-state index in [0.29, 0.717) is 23.7 Å². The molecule has 4 nitrogen and oxygen atoms in total. The lowest BCUT2D eigenvalue weighted by Gasteiger charge is -2.15. The molecular weight excluding hydrogens is 228 g/mol. The number of aryl methyl sites for hydroxylation is 1. The van der Waals surface area contributed by atoms with Gasteiger partial charge in [0, 0.05) is 13.7 Å². The van der Waals surface area contributed by atoms with E-state index in [1.54, 1.807) is 7.05 Å². The van der Waals surface area contributed by atoms with Crippen LogP contribution in [0.3, 0.4) is 0 Å². The summed E-state index contributed by atoms with van der Waals surface area (Å²) in [4.78, 5) is 12.2. The van der Waals surface area contributed by atoms with Gasteiger partial charge in [-0.05, 0) is 13.3 Å². The van der Waals surface area contributed by atoms with Crippen LogP contribution in [0.4, 0.5) is 0 Å². The number of nitrogens with zero attached hydrogens (tertiary/aromatic N) is 2. The van der Waals surface area contributed by atoms with Gasteiger partial charge in [0.1, 0.15) is 11.8 Å². The number of carbonyl (C=O) groups excluding carboxylic acids is 1. The van der Waals surface area contributed by atoms with Crippen LogP contribution >= 0.6 is 11.6 Å². The van der Waals surface area contributed by atoms with Crippen molar-refractivity contribution in [2.24, 2.45) is 7.05 Å². The molecule has 0 bridgehead atoms. The average Bonchev–Trinajstić information content (AvgIpc) is 2.57. The molecule has 0 aliphatic carbocycles. The van der Waals surface area contributed by atoms with Crippen molar-refractivity contribution in [2.45, 2.75) is 32.8 Å². The van der Waals surface area contributed by atoms with Crippen LogP contribution in [-0.4, -0.2) is 28.3 Å². The van der Waals surface area contributed by atoms with Crippen molar-refractivity contribution >= 4 is 17.4 Å². The third-order valence-corrected chi connectivity index (χ3v) is 2.62. The molecule has 0 aliphatic rings. The summed E-state index contributed by atoms with van der Waals surface area (Å²) >= 11 is 5.92. The SMILES string of the molecule is CCCC(OCC)C(=O)c1c(Cl)cnn1C. The number of hydrogen-bond acceptors (Lipinski definition) is 3. The van der Waals surface area contributed by atoms with Crippen LogP contribution in [-0.2, 0) is 11.8 Å². The van der Waals surface area contributed by atoms with Gasteiger partial charge in [-0.15, -0.1) is 0 Å². The molecule has 0 spiro atoms. The summed E-state index contributed by atoms with van der Waals surface area (Å²) in [5.41, 5.74) is 0.425. The minimum atomic E-state index is -0.414. The summed E-state index contributed by atoms with van der Waals surface area (Å²) in [6, 6.07) is 0. The number of carbonyl (C=O) groups is 1. The number of aromatic nitrogens is 2. The molecule has 0 saturated carbocycles. The molecule has 0 aromatic carbocycles. The van der Waals surface area contributed by atoms with E-state index in [9.17, 15) is 4.79 Å². The first-order valence-electron chi connectivity index (χ1n) is 5.45. The highest BCUT2D eigenvalue weighted by atomic mass is 35.5. The number of Topliss-reactive ketones (excluding diaryl/α,β-unsaturated/α-hetero) is 1. The summed E-state index contributed by atoms with van der Waals surface area (Å²) in [5, 5.41) is 4.33. The highest BCUT2D eigenvalue weighted by Crippen LogP contribution is 2.18. The van der Waals surface area contributed by atoms with E-state index in [-0.39, 0.29) is 5.78 Å². The molecule has 0 amide bonds. The Morgan fingerprint density at radius 1 is 1.62 bits per heavy atom. The Morgan fingerprint density at radius 3 is 2.75 bits per heavy atom. The molecule has 1 atom stereocenters. The van der Waals surface area contributed by atoms with Crippen LogP contribution in [0.25, 0.3) is 0 Å². The molecule has 90 valence electrons. The fraction of sp³-hybridized carbons (Fsp3) is 0.636. The van der Waals surface area contributed by atoms with E-state index >= 15 is 0 Å². The van der Waals surface area contributed by atoms with Crippen molar-refractivity contribution in [3.63, 3.8) is 0 Å². The summed E-state index contributed by atoms with van der Waals surface area (Å²) in [6.07, 6.45) is 2.66. The van der Waals surface area contributed by atoms with Crippen LogP contribution < -0.4 is 0 Å². The average molecular weight is 245 g/mol. The zero-order valence-electron chi connectivity index (χ0n) is 9.86. The third kappa shape index (κ3) is 2.83. The van der Waals surface area contributed by atoms with Crippen LogP contribution in [0.15, 0.2) is 6.20 Å². The fourth-order valence-electron chi connectivity index (χ4n) is 1.59. The molecule has 1 aromatic rings. The van der Waals surface area contributed by atoms with E-state index in [2.05, 4.69) is 5.10 Å². The van der Waals surface area contributed by atoms with E-state index in [1.165, 1.54) is 10.9 Å². The molecule has 1 aromatic heterocycles. The fourth-order valence-corrected chi connectivity index (χ4v) is 1.85. The lowest BCUT2D eigenvalue weighted by Crippen LogP contribution is -2.26. The molecule has 0 fully saturated rings. The van der Waals surface area contributed by atoms with Gasteiger partial charge in [-0.2, -0.15) is 5.10 Å². The standard InChI is InChI=1S/C11H17ClN2O2/c1-4-6-9(16-5-2)11(15)10-8(12)7-13-14(10)3/h7,9H,4-6H2,1-3H3. The van der Waals surface area contributed by atoms with Crippen molar-refractivity contribution in [2.75, 3.05) is 6.61 Å². The number of hydrogen-bond donors (Lipinski definition) is 0. The Balaban J connectivity index is 2.89. The second kappa shape index (κ2) is 6.01. The van der Waals surface area contributed by atoms with E-state index in [1.807, 2.05) is 13.8 Å². The van der Waals surface area contributed by atoms with Crippen molar-refractivity contribution in [1.82, 2.24) is 9.78 Å². The monoisotopic (exact) mass is 244 g/mol. The van der Waals surface area contributed by atoms with Gasteiger partial charge in [-0.1, -0.05) is 24.9 Å². The molecular formula is C11H17ClN2O2. The predicted molar refractivity (Wildman–Crippen MR) is 62.9 cm³/mol. The van der Waals surface area contributed by atoms with Gasteiger partial charge >= 0.3 is 0 Å². The van der Waals surface area contributed by atoms with Gasteiger partial charge in [0.25, 0.3) is 0 Å². The normalized spacial score (nSPS) is 12.8. The maximum atomic E-state index is 12.2. The first-order valence-corrected chi connectivity index (χ1v) is 5.82. The second-order valence-corrected chi connectivity index (χ2v) is 3.97. The number of ether oxygens (including phenoxy) is 1. The largest absolute Gasteiger partial charge is 0.370 e. The molecule has 0 N–H and O–H groups in total. The number of halogens is 1. The molecule has 1 rings (SSSR count). The first kappa shape index (κ1) is 13.2. The minimum absolute atomic E-state index is 0.0892. The van der Waals surface area contributed by atoms with Gasteiger partial charge in [0.15, 0.2) is 0 Å². The van der Waals surface area contributed by atoms with Crippen LogP contribution in [0.5, 0.6) is 0 Å². The van der Waals surface area contributed by atoms with Crippen LogP contribution in [0.2, 0.25) is 5.02 Å². The summed E-state index contributed by atoms with van der Waals surface area (Å²) < 4.78 is 6.92. The Hall–Kier alpha value is -0.870. The maximum Gasteiger partial charge on any atom is 0.211 e. The number of rotatable bonds is 6. The first-order chi connectivity index (χ1) is 7.61. The quantitative estimate of drug-likeness (QED) is 0.722. The molecule has 0 aliphatic heterocycles.